The molecule has 150 valence electrons. The van der Waals surface area contributed by atoms with Crippen molar-refractivity contribution in [3.05, 3.63) is 60.6 Å². The van der Waals surface area contributed by atoms with Crippen LogP contribution >= 0.6 is 11.8 Å². The van der Waals surface area contributed by atoms with Crippen molar-refractivity contribution in [2.24, 2.45) is 5.92 Å². The predicted molar refractivity (Wildman–Crippen MR) is 115 cm³/mol. The smallest absolute Gasteiger partial charge is 0.228 e. The van der Waals surface area contributed by atoms with Gasteiger partial charge in [-0.05, 0) is 62.0 Å². The van der Waals surface area contributed by atoms with E-state index in [2.05, 4.69) is 20.2 Å². The fourth-order valence-electron chi connectivity index (χ4n) is 3.61. The Hall–Kier alpha value is -2.64. The summed E-state index contributed by atoms with van der Waals surface area (Å²) in [6, 6.07) is 11.5. The highest BCUT2D eigenvalue weighted by molar-refractivity contribution is 7.98. The number of anilines is 1. The molecule has 6 nitrogen and oxygen atoms in total. The second-order valence-electron chi connectivity index (χ2n) is 7.20. The Morgan fingerprint density at radius 2 is 2.03 bits per heavy atom. The Kier molecular flexibility index (Phi) is 6.27. The summed E-state index contributed by atoms with van der Waals surface area (Å²) in [6.45, 7) is 2.52. The summed E-state index contributed by atoms with van der Waals surface area (Å²) in [6.07, 6.45) is 9.30. The molecule has 1 aliphatic heterocycles. The first-order chi connectivity index (χ1) is 14.2. The molecule has 1 fully saturated rings. The van der Waals surface area contributed by atoms with Crippen molar-refractivity contribution in [2.75, 3.05) is 24.7 Å². The number of hydrogen-bond donors (Lipinski definition) is 1. The van der Waals surface area contributed by atoms with E-state index >= 15 is 0 Å². The zero-order chi connectivity index (χ0) is 20.1. The Bertz CT molecular complexity index is 926. The lowest BCUT2D eigenvalue weighted by Gasteiger charge is -2.31. The number of carbonyl (C=O) groups is 1. The van der Waals surface area contributed by atoms with Crippen LogP contribution in [0.25, 0.3) is 11.3 Å². The van der Waals surface area contributed by atoms with Gasteiger partial charge in [0, 0.05) is 42.3 Å². The standard InChI is InChI=1S/C22H24N4O2S/c1-29-22-23-12-16(13-24-22)14-26-10-2-4-18(15-26)21(27)25-19-8-6-17(7-9-19)20-5-3-11-28-20/h3,5-9,11-13,18H,2,4,10,14-15H2,1H3,(H,25,27)/t18-/m0/s1. The maximum absolute atomic E-state index is 12.8. The van der Waals surface area contributed by atoms with Crippen LogP contribution in [0.3, 0.4) is 0 Å². The molecule has 0 bridgehead atoms. The molecule has 1 atom stereocenters. The lowest BCUT2D eigenvalue weighted by atomic mass is 9.96. The number of furan rings is 1. The first-order valence-electron chi connectivity index (χ1n) is 9.73. The number of nitrogens with one attached hydrogen (secondary N) is 1. The number of nitrogens with zero attached hydrogens (tertiary/aromatic N) is 3. The van der Waals surface area contributed by atoms with Crippen LogP contribution in [0, 0.1) is 5.92 Å². The van der Waals surface area contributed by atoms with Gasteiger partial charge in [0.05, 0.1) is 12.2 Å². The van der Waals surface area contributed by atoms with E-state index in [1.54, 1.807) is 6.26 Å². The van der Waals surface area contributed by atoms with Gasteiger partial charge < -0.3 is 9.73 Å². The van der Waals surface area contributed by atoms with E-state index in [0.717, 1.165) is 60.2 Å². The van der Waals surface area contributed by atoms with E-state index in [4.69, 9.17) is 4.42 Å². The molecular formula is C22H24N4O2S. The molecule has 0 spiro atoms. The highest BCUT2D eigenvalue weighted by Gasteiger charge is 2.26. The SMILES string of the molecule is CSc1ncc(CN2CCC[C@H](C(=O)Nc3ccc(-c4ccco4)cc3)C2)cn1. The van der Waals surface area contributed by atoms with Gasteiger partial charge in [0.15, 0.2) is 5.16 Å². The molecule has 0 unspecified atom stereocenters. The lowest BCUT2D eigenvalue weighted by molar-refractivity contribution is -0.121. The number of likely N-dealkylation sites (tertiary alicyclic amines) is 1. The van der Waals surface area contributed by atoms with E-state index in [-0.39, 0.29) is 11.8 Å². The molecule has 2 aromatic heterocycles. The third-order valence-corrected chi connectivity index (χ3v) is 5.68. The molecule has 4 rings (SSSR count). The Morgan fingerprint density at radius 1 is 1.24 bits per heavy atom. The van der Waals surface area contributed by atoms with Gasteiger partial charge in [0.1, 0.15) is 5.76 Å². The van der Waals surface area contributed by atoms with E-state index in [0.29, 0.717) is 0 Å². The van der Waals surface area contributed by atoms with Gasteiger partial charge >= 0.3 is 0 Å². The second kappa shape index (κ2) is 9.24. The maximum atomic E-state index is 12.8. The van der Waals surface area contributed by atoms with E-state index in [1.165, 1.54) is 11.8 Å². The molecule has 1 saturated heterocycles. The minimum atomic E-state index is -0.0140. The topological polar surface area (TPSA) is 71.3 Å². The number of rotatable bonds is 6. The Labute approximate surface area is 174 Å². The fourth-order valence-corrected chi connectivity index (χ4v) is 3.92. The zero-order valence-corrected chi connectivity index (χ0v) is 17.2. The van der Waals surface area contributed by atoms with Crippen molar-refractivity contribution < 1.29 is 9.21 Å². The molecular weight excluding hydrogens is 384 g/mol. The molecule has 0 radical (unpaired) electrons. The van der Waals surface area contributed by atoms with Crippen LogP contribution in [0.4, 0.5) is 5.69 Å². The molecule has 1 aliphatic rings. The summed E-state index contributed by atoms with van der Waals surface area (Å²) in [7, 11) is 0. The van der Waals surface area contributed by atoms with E-state index in [1.807, 2.05) is 55.0 Å². The second-order valence-corrected chi connectivity index (χ2v) is 7.97. The summed E-state index contributed by atoms with van der Waals surface area (Å²) in [5.41, 5.74) is 2.88. The summed E-state index contributed by atoms with van der Waals surface area (Å²) in [4.78, 5) is 23.8. The highest BCUT2D eigenvalue weighted by atomic mass is 32.2. The average molecular weight is 409 g/mol. The van der Waals surface area contributed by atoms with Crippen LogP contribution < -0.4 is 5.32 Å². The Balaban J connectivity index is 1.33. The summed E-state index contributed by atoms with van der Waals surface area (Å²) in [5, 5.41) is 3.84. The predicted octanol–water partition coefficient (Wildman–Crippen LogP) is 4.31. The molecule has 1 N–H and O–H groups in total. The normalized spacial score (nSPS) is 17.2. The Morgan fingerprint density at radius 3 is 2.72 bits per heavy atom. The monoisotopic (exact) mass is 408 g/mol. The van der Waals surface area contributed by atoms with Crippen LogP contribution in [0.1, 0.15) is 18.4 Å². The van der Waals surface area contributed by atoms with Crippen LogP contribution in [0.2, 0.25) is 0 Å². The van der Waals surface area contributed by atoms with Crippen molar-refractivity contribution in [1.29, 1.82) is 0 Å². The number of aromatic nitrogens is 2. The van der Waals surface area contributed by atoms with E-state index < -0.39 is 0 Å². The number of piperidine rings is 1. The molecule has 1 amide bonds. The largest absolute Gasteiger partial charge is 0.464 e. The molecule has 0 saturated carbocycles. The van der Waals surface area contributed by atoms with Crippen molar-refractivity contribution in [1.82, 2.24) is 14.9 Å². The number of thioether (sulfide) groups is 1. The van der Waals surface area contributed by atoms with Gasteiger partial charge in [-0.3, -0.25) is 9.69 Å². The van der Waals surface area contributed by atoms with Gasteiger partial charge in [-0.2, -0.15) is 0 Å². The number of carbonyl (C=O) groups excluding carboxylic acids is 1. The van der Waals surface area contributed by atoms with Crippen molar-refractivity contribution in [3.8, 4) is 11.3 Å². The minimum absolute atomic E-state index is 0.0140. The van der Waals surface area contributed by atoms with Crippen LogP contribution in [0.5, 0.6) is 0 Å². The lowest BCUT2D eigenvalue weighted by Crippen LogP contribution is -2.40. The van der Waals surface area contributed by atoms with Gasteiger partial charge in [0.25, 0.3) is 0 Å². The molecule has 0 aliphatic carbocycles. The minimum Gasteiger partial charge on any atom is -0.464 e. The van der Waals surface area contributed by atoms with Gasteiger partial charge in [-0.1, -0.05) is 11.8 Å². The summed E-state index contributed by atoms with van der Waals surface area (Å²) < 4.78 is 5.41. The molecule has 29 heavy (non-hydrogen) atoms. The zero-order valence-electron chi connectivity index (χ0n) is 16.4. The first-order valence-corrected chi connectivity index (χ1v) is 11.0. The molecule has 7 heteroatoms. The molecule has 1 aromatic carbocycles. The average Bonchev–Trinajstić information content (AvgIpc) is 3.30. The first kappa shape index (κ1) is 19.7. The van der Waals surface area contributed by atoms with Crippen molar-refractivity contribution in [3.63, 3.8) is 0 Å². The summed E-state index contributed by atoms with van der Waals surface area (Å²) >= 11 is 1.53. The van der Waals surface area contributed by atoms with Crippen molar-refractivity contribution >= 4 is 23.4 Å². The van der Waals surface area contributed by atoms with Crippen LogP contribution in [-0.4, -0.2) is 40.1 Å². The highest BCUT2D eigenvalue weighted by Crippen LogP contribution is 2.24. The fraction of sp³-hybridized carbons (Fsp3) is 0.318. The molecule has 3 aromatic rings. The third kappa shape index (κ3) is 5.05. The quantitative estimate of drug-likeness (QED) is 0.484. The van der Waals surface area contributed by atoms with Crippen molar-refractivity contribution in [2.45, 2.75) is 24.5 Å². The summed E-state index contributed by atoms with van der Waals surface area (Å²) in [5.74, 6) is 0.884. The van der Waals surface area contributed by atoms with Crippen LogP contribution in [0.15, 0.2) is 64.6 Å². The number of hydrogen-bond acceptors (Lipinski definition) is 6. The van der Waals surface area contributed by atoms with Gasteiger partial charge in [0.2, 0.25) is 5.91 Å². The van der Waals surface area contributed by atoms with Gasteiger partial charge in [-0.15, -0.1) is 0 Å². The third-order valence-electron chi connectivity index (χ3n) is 5.10. The van der Waals surface area contributed by atoms with Gasteiger partial charge in [-0.25, -0.2) is 9.97 Å². The number of amides is 1. The molecule has 3 heterocycles. The van der Waals surface area contributed by atoms with Crippen LogP contribution in [-0.2, 0) is 11.3 Å². The number of benzene rings is 1. The van der Waals surface area contributed by atoms with E-state index in [9.17, 15) is 4.79 Å². The maximum Gasteiger partial charge on any atom is 0.228 e.